The minimum atomic E-state index is 0.0227. The standard InChI is InChI=1S/C15H19BrN2O2/c16-13-4-3-11(9-14(13)19)15(20)18-8-5-12(10-18)17-6-1-2-7-17/h3-4,9,12,19H,1-2,5-8,10H2. The van der Waals surface area contributed by atoms with Gasteiger partial charge in [-0.05, 0) is 66.5 Å². The highest BCUT2D eigenvalue weighted by Gasteiger charge is 2.31. The summed E-state index contributed by atoms with van der Waals surface area (Å²) in [6, 6.07) is 5.53. The summed E-state index contributed by atoms with van der Waals surface area (Å²) in [6.07, 6.45) is 3.63. The molecule has 2 aliphatic heterocycles. The van der Waals surface area contributed by atoms with Crippen LogP contribution in [0, 0.1) is 0 Å². The molecular weight excluding hydrogens is 320 g/mol. The summed E-state index contributed by atoms with van der Waals surface area (Å²) in [6.45, 7) is 3.98. The molecule has 0 aliphatic carbocycles. The van der Waals surface area contributed by atoms with Gasteiger partial charge in [0.15, 0.2) is 0 Å². The fourth-order valence-electron chi connectivity index (χ4n) is 3.16. The molecule has 0 bridgehead atoms. The molecule has 1 atom stereocenters. The second-order valence-corrected chi connectivity index (χ2v) is 6.46. The molecule has 1 aromatic rings. The van der Waals surface area contributed by atoms with Gasteiger partial charge in [-0.3, -0.25) is 9.69 Å². The van der Waals surface area contributed by atoms with E-state index in [0.29, 0.717) is 16.1 Å². The van der Waals surface area contributed by atoms with Crippen molar-refractivity contribution in [2.24, 2.45) is 0 Å². The molecule has 1 N–H and O–H groups in total. The average Bonchev–Trinajstić information content (AvgIpc) is 3.11. The first-order valence-corrected chi connectivity index (χ1v) is 7.96. The van der Waals surface area contributed by atoms with Crippen LogP contribution in [0.2, 0.25) is 0 Å². The van der Waals surface area contributed by atoms with Gasteiger partial charge in [0.25, 0.3) is 5.91 Å². The van der Waals surface area contributed by atoms with Crippen LogP contribution < -0.4 is 0 Å². The van der Waals surface area contributed by atoms with Crippen molar-refractivity contribution in [1.82, 2.24) is 9.80 Å². The third-order valence-corrected chi connectivity index (χ3v) is 4.97. The van der Waals surface area contributed by atoms with E-state index in [2.05, 4.69) is 20.8 Å². The van der Waals surface area contributed by atoms with E-state index in [1.807, 2.05) is 4.90 Å². The van der Waals surface area contributed by atoms with Crippen molar-refractivity contribution in [3.8, 4) is 5.75 Å². The zero-order chi connectivity index (χ0) is 14.1. The fourth-order valence-corrected chi connectivity index (χ4v) is 3.41. The molecule has 2 aliphatic rings. The average molecular weight is 339 g/mol. The highest BCUT2D eigenvalue weighted by molar-refractivity contribution is 9.10. The molecule has 0 saturated carbocycles. The molecule has 1 unspecified atom stereocenters. The smallest absolute Gasteiger partial charge is 0.254 e. The molecule has 1 aromatic carbocycles. The molecule has 2 heterocycles. The summed E-state index contributed by atoms with van der Waals surface area (Å²) in [5, 5.41) is 9.69. The first-order valence-electron chi connectivity index (χ1n) is 7.17. The van der Waals surface area contributed by atoms with Gasteiger partial charge in [0.1, 0.15) is 5.75 Å². The Labute approximate surface area is 127 Å². The van der Waals surface area contributed by atoms with Crippen LogP contribution in [0.4, 0.5) is 0 Å². The van der Waals surface area contributed by atoms with Crippen molar-refractivity contribution in [3.05, 3.63) is 28.2 Å². The Morgan fingerprint density at radius 2 is 2.00 bits per heavy atom. The molecule has 3 rings (SSSR count). The summed E-state index contributed by atoms with van der Waals surface area (Å²) in [7, 11) is 0. The topological polar surface area (TPSA) is 43.8 Å². The van der Waals surface area contributed by atoms with Gasteiger partial charge in [-0.2, -0.15) is 0 Å². The van der Waals surface area contributed by atoms with Crippen molar-refractivity contribution in [2.75, 3.05) is 26.2 Å². The lowest BCUT2D eigenvalue weighted by molar-refractivity contribution is 0.0779. The number of amides is 1. The third kappa shape index (κ3) is 2.69. The Bertz CT molecular complexity index is 515. The van der Waals surface area contributed by atoms with Crippen molar-refractivity contribution in [3.63, 3.8) is 0 Å². The number of carbonyl (C=O) groups excluding carboxylic acids is 1. The summed E-state index contributed by atoms with van der Waals surface area (Å²) in [4.78, 5) is 16.9. The van der Waals surface area contributed by atoms with Crippen molar-refractivity contribution >= 4 is 21.8 Å². The van der Waals surface area contributed by atoms with Gasteiger partial charge in [0, 0.05) is 24.7 Å². The number of aromatic hydroxyl groups is 1. The number of hydrogen-bond acceptors (Lipinski definition) is 3. The zero-order valence-corrected chi connectivity index (χ0v) is 13.0. The van der Waals surface area contributed by atoms with E-state index in [4.69, 9.17) is 0 Å². The van der Waals surface area contributed by atoms with Gasteiger partial charge in [0.05, 0.1) is 4.47 Å². The highest BCUT2D eigenvalue weighted by atomic mass is 79.9. The first kappa shape index (κ1) is 13.9. The van der Waals surface area contributed by atoms with Crippen LogP contribution in [-0.2, 0) is 0 Å². The summed E-state index contributed by atoms with van der Waals surface area (Å²) in [5.74, 6) is 0.139. The van der Waals surface area contributed by atoms with Crippen molar-refractivity contribution in [2.45, 2.75) is 25.3 Å². The number of benzene rings is 1. The minimum Gasteiger partial charge on any atom is -0.507 e. The van der Waals surface area contributed by atoms with Gasteiger partial charge in [-0.1, -0.05) is 0 Å². The molecule has 0 spiro atoms. The van der Waals surface area contributed by atoms with E-state index in [-0.39, 0.29) is 11.7 Å². The summed E-state index contributed by atoms with van der Waals surface area (Å²) >= 11 is 3.23. The molecule has 20 heavy (non-hydrogen) atoms. The Balaban J connectivity index is 1.67. The predicted molar refractivity (Wildman–Crippen MR) is 80.9 cm³/mol. The molecule has 2 fully saturated rings. The maximum absolute atomic E-state index is 12.5. The molecule has 1 amide bonds. The molecule has 5 heteroatoms. The molecule has 0 radical (unpaired) electrons. The highest BCUT2D eigenvalue weighted by Crippen LogP contribution is 2.26. The molecule has 4 nitrogen and oxygen atoms in total. The molecule has 0 aromatic heterocycles. The van der Waals surface area contributed by atoms with Crippen LogP contribution in [-0.4, -0.2) is 53.0 Å². The van der Waals surface area contributed by atoms with Gasteiger partial charge in [-0.15, -0.1) is 0 Å². The number of carbonyl (C=O) groups is 1. The van der Waals surface area contributed by atoms with Crippen LogP contribution in [0.15, 0.2) is 22.7 Å². The lowest BCUT2D eigenvalue weighted by Crippen LogP contribution is -2.37. The van der Waals surface area contributed by atoms with Crippen molar-refractivity contribution < 1.29 is 9.90 Å². The quantitative estimate of drug-likeness (QED) is 0.900. The van der Waals surface area contributed by atoms with Gasteiger partial charge >= 0.3 is 0 Å². The number of hydrogen-bond donors (Lipinski definition) is 1. The fraction of sp³-hybridized carbons (Fsp3) is 0.533. The Hall–Kier alpha value is -1.07. The third-order valence-electron chi connectivity index (χ3n) is 4.30. The Kier molecular flexibility index (Phi) is 3.98. The largest absolute Gasteiger partial charge is 0.507 e. The maximum Gasteiger partial charge on any atom is 0.254 e. The van der Waals surface area contributed by atoms with E-state index >= 15 is 0 Å². The number of halogens is 1. The van der Waals surface area contributed by atoms with E-state index < -0.39 is 0 Å². The monoisotopic (exact) mass is 338 g/mol. The van der Waals surface area contributed by atoms with E-state index in [9.17, 15) is 9.90 Å². The summed E-state index contributed by atoms with van der Waals surface area (Å²) in [5.41, 5.74) is 0.563. The van der Waals surface area contributed by atoms with Crippen LogP contribution >= 0.6 is 15.9 Å². The molecular formula is C15H19BrN2O2. The van der Waals surface area contributed by atoms with Gasteiger partial charge < -0.3 is 10.0 Å². The van der Waals surface area contributed by atoms with Crippen LogP contribution in [0.5, 0.6) is 5.75 Å². The van der Waals surface area contributed by atoms with Crippen LogP contribution in [0.1, 0.15) is 29.6 Å². The second-order valence-electron chi connectivity index (χ2n) is 5.60. The lowest BCUT2D eigenvalue weighted by Gasteiger charge is -2.23. The predicted octanol–water partition coefficient (Wildman–Crippen LogP) is 2.46. The number of phenolic OH excluding ortho intramolecular Hbond substituents is 1. The second kappa shape index (κ2) is 5.74. The Morgan fingerprint density at radius 3 is 2.70 bits per heavy atom. The van der Waals surface area contributed by atoms with E-state index in [1.165, 1.54) is 32.0 Å². The number of rotatable bonds is 2. The Morgan fingerprint density at radius 1 is 1.25 bits per heavy atom. The molecule has 2 saturated heterocycles. The van der Waals surface area contributed by atoms with Gasteiger partial charge in [0.2, 0.25) is 0 Å². The minimum absolute atomic E-state index is 0.0227. The number of phenols is 1. The summed E-state index contributed by atoms with van der Waals surface area (Å²) < 4.78 is 0.616. The van der Waals surface area contributed by atoms with E-state index in [0.717, 1.165) is 19.5 Å². The SMILES string of the molecule is O=C(c1ccc(Br)c(O)c1)N1CCC(N2CCCC2)C1. The van der Waals surface area contributed by atoms with Crippen molar-refractivity contribution in [1.29, 1.82) is 0 Å². The normalized spacial score (nSPS) is 23.4. The van der Waals surface area contributed by atoms with Crippen LogP contribution in [0.3, 0.4) is 0 Å². The lowest BCUT2D eigenvalue weighted by atomic mass is 10.2. The molecule has 108 valence electrons. The van der Waals surface area contributed by atoms with Gasteiger partial charge in [-0.25, -0.2) is 0 Å². The van der Waals surface area contributed by atoms with E-state index in [1.54, 1.807) is 12.1 Å². The zero-order valence-electron chi connectivity index (χ0n) is 11.4. The van der Waals surface area contributed by atoms with Crippen LogP contribution in [0.25, 0.3) is 0 Å². The maximum atomic E-state index is 12.5. The number of nitrogens with zero attached hydrogens (tertiary/aromatic N) is 2. The number of likely N-dealkylation sites (tertiary alicyclic amines) is 2. The first-order chi connectivity index (χ1) is 9.65.